The van der Waals surface area contributed by atoms with Gasteiger partial charge in [-0.2, -0.15) is 5.10 Å². The molecule has 0 radical (unpaired) electrons. The monoisotopic (exact) mass is 194 g/mol. The summed E-state index contributed by atoms with van der Waals surface area (Å²) in [6.07, 6.45) is 4.32. The number of hydrogen-bond donors (Lipinski definition) is 1. The molecule has 1 fully saturated rings. The highest BCUT2D eigenvalue weighted by molar-refractivity contribution is 5.69. The van der Waals surface area contributed by atoms with E-state index in [0.717, 1.165) is 5.69 Å². The molecule has 0 aromatic carbocycles. The van der Waals surface area contributed by atoms with Gasteiger partial charge in [-0.3, -0.25) is 9.48 Å². The van der Waals surface area contributed by atoms with Gasteiger partial charge in [0.1, 0.15) is 0 Å². The van der Waals surface area contributed by atoms with Crippen LogP contribution in [0, 0.1) is 5.92 Å². The Hall–Kier alpha value is -1.32. The minimum Gasteiger partial charge on any atom is -0.481 e. The molecular weight excluding hydrogens is 180 g/mol. The van der Waals surface area contributed by atoms with E-state index in [4.69, 9.17) is 5.11 Å². The summed E-state index contributed by atoms with van der Waals surface area (Å²) in [5.74, 6) is -0.508. The smallest absolute Gasteiger partial charge is 0.308 e. The van der Waals surface area contributed by atoms with E-state index in [1.165, 1.54) is 12.8 Å². The average Bonchev–Trinajstić information content (AvgIpc) is 2.88. The van der Waals surface area contributed by atoms with Crippen LogP contribution in [0.25, 0.3) is 0 Å². The number of rotatable bonds is 4. The molecule has 76 valence electrons. The zero-order valence-electron chi connectivity index (χ0n) is 8.18. The quantitative estimate of drug-likeness (QED) is 0.789. The molecule has 0 saturated heterocycles. The van der Waals surface area contributed by atoms with E-state index < -0.39 is 5.97 Å². The third-order valence-corrected chi connectivity index (χ3v) is 2.54. The summed E-state index contributed by atoms with van der Waals surface area (Å²) < 4.78 is 1.73. The number of carboxylic acids is 1. The Kier molecular flexibility index (Phi) is 2.27. The molecule has 0 aliphatic heterocycles. The highest BCUT2D eigenvalue weighted by atomic mass is 16.4. The maximum atomic E-state index is 10.6. The van der Waals surface area contributed by atoms with Crippen LogP contribution in [0.15, 0.2) is 12.3 Å². The minimum absolute atomic E-state index is 0.373. The molecule has 0 amide bonds. The molecule has 1 saturated carbocycles. The first-order chi connectivity index (χ1) is 6.66. The van der Waals surface area contributed by atoms with Gasteiger partial charge in [-0.25, -0.2) is 0 Å². The molecule has 14 heavy (non-hydrogen) atoms. The fourth-order valence-electron chi connectivity index (χ4n) is 1.43. The summed E-state index contributed by atoms with van der Waals surface area (Å²) in [5.41, 5.74) is 1.11. The molecule has 4 heteroatoms. The second kappa shape index (κ2) is 3.44. The van der Waals surface area contributed by atoms with Crippen LogP contribution < -0.4 is 0 Å². The summed E-state index contributed by atoms with van der Waals surface area (Å²) in [7, 11) is 0. The van der Waals surface area contributed by atoms with Crippen molar-refractivity contribution in [1.82, 2.24) is 9.78 Å². The predicted molar refractivity (Wildman–Crippen MR) is 51.0 cm³/mol. The summed E-state index contributed by atoms with van der Waals surface area (Å²) in [6.45, 7) is 2.16. The van der Waals surface area contributed by atoms with Crippen molar-refractivity contribution in [2.75, 3.05) is 0 Å². The lowest BCUT2D eigenvalue weighted by Crippen LogP contribution is -2.17. The Labute approximate surface area is 82.5 Å². The van der Waals surface area contributed by atoms with Crippen molar-refractivity contribution in [2.24, 2.45) is 5.92 Å². The van der Waals surface area contributed by atoms with E-state index in [-0.39, 0.29) is 5.92 Å². The Bertz CT molecular complexity index is 342. The molecule has 1 unspecified atom stereocenters. The van der Waals surface area contributed by atoms with Gasteiger partial charge in [0.2, 0.25) is 0 Å². The van der Waals surface area contributed by atoms with Crippen molar-refractivity contribution in [3.8, 4) is 0 Å². The maximum Gasteiger partial charge on any atom is 0.308 e. The van der Waals surface area contributed by atoms with Crippen LogP contribution in [-0.4, -0.2) is 20.9 Å². The van der Waals surface area contributed by atoms with Crippen molar-refractivity contribution >= 4 is 5.97 Å². The Morgan fingerprint density at radius 1 is 1.79 bits per heavy atom. The molecule has 1 aliphatic carbocycles. The third kappa shape index (κ3) is 1.95. The first-order valence-electron chi connectivity index (χ1n) is 4.93. The van der Waals surface area contributed by atoms with Crippen molar-refractivity contribution < 1.29 is 9.90 Å². The second-order valence-corrected chi connectivity index (χ2v) is 3.98. The number of aliphatic carboxylic acids is 1. The lowest BCUT2D eigenvalue weighted by Gasteiger charge is -2.05. The van der Waals surface area contributed by atoms with Gasteiger partial charge in [-0.05, 0) is 18.9 Å². The Morgan fingerprint density at radius 2 is 2.50 bits per heavy atom. The molecule has 1 aromatic heterocycles. The molecule has 1 N–H and O–H groups in total. The number of aromatic nitrogens is 2. The molecule has 2 rings (SSSR count). The van der Waals surface area contributed by atoms with Crippen LogP contribution in [0.5, 0.6) is 0 Å². The highest BCUT2D eigenvalue weighted by Crippen LogP contribution is 2.38. The molecule has 0 bridgehead atoms. The zero-order chi connectivity index (χ0) is 10.1. The van der Waals surface area contributed by atoms with Gasteiger partial charge in [0.05, 0.1) is 18.2 Å². The largest absolute Gasteiger partial charge is 0.481 e. The number of hydrogen-bond acceptors (Lipinski definition) is 2. The van der Waals surface area contributed by atoms with Crippen LogP contribution in [-0.2, 0) is 11.3 Å². The average molecular weight is 194 g/mol. The van der Waals surface area contributed by atoms with Crippen LogP contribution in [0.3, 0.4) is 0 Å². The van der Waals surface area contributed by atoms with Crippen LogP contribution in [0.2, 0.25) is 0 Å². The zero-order valence-corrected chi connectivity index (χ0v) is 8.18. The summed E-state index contributed by atoms with van der Waals surface area (Å²) in [6, 6.07) is 1.99. The Balaban J connectivity index is 1.98. The molecule has 1 aromatic rings. The van der Waals surface area contributed by atoms with Gasteiger partial charge in [0.25, 0.3) is 0 Å². The Morgan fingerprint density at radius 3 is 3.07 bits per heavy atom. The third-order valence-electron chi connectivity index (χ3n) is 2.54. The number of carboxylic acid groups (broad SMARTS) is 1. The van der Waals surface area contributed by atoms with Gasteiger partial charge in [-0.1, -0.05) is 6.92 Å². The first kappa shape index (κ1) is 9.24. The van der Waals surface area contributed by atoms with Crippen molar-refractivity contribution in [3.63, 3.8) is 0 Å². The van der Waals surface area contributed by atoms with Crippen LogP contribution >= 0.6 is 0 Å². The molecule has 4 nitrogen and oxygen atoms in total. The topological polar surface area (TPSA) is 55.1 Å². The van der Waals surface area contributed by atoms with Crippen molar-refractivity contribution in [2.45, 2.75) is 32.2 Å². The standard InChI is InChI=1S/C10H14N2O2/c1-7(10(13)14)6-12-5-4-9(11-12)8-2-3-8/h4-5,7-8H,2-3,6H2,1H3,(H,13,14). The van der Waals surface area contributed by atoms with Gasteiger partial charge in [0.15, 0.2) is 0 Å². The predicted octanol–water partition coefficient (Wildman–Crippen LogP) is 1.48. The molecule has 1 atom stereocenters. The molecular formula is C10H14N2O2. The number of carbonyl (C=O) groups is 1. The fraction of sp³-hybridized carbons (Fsp3) is 0.600. The van der Waals surface area contributed by atoms with Gasteiger partial charge in [0, 0.05) is 12.1 Å². The maximum absolute atomic E-state index is 10.6. The SMILES string of the molecule is CC(Cn1ccc(C2CC2)n1)C(=O)O. The van der Waals surface area contributed by atoms with Crippen LogP contribution in [0.4, 0.5) is 0 Å². The van der Waals surface area contributed by atoms with E-state index in [0.29, 0.717) is 12.5 Å². The van der Waals surface area contributed by atoms with Gasteiger partial charge < -0.3 is 5.11 Å². The van der Waals surface area contributed by atoms with E-state index in [9.17, 15) is 4.79 Å². The normalized spacial score (nSPS) is 18.1. The van der Waals surface area contributed by atoms with E-state index in [1.807, 2.05) is 12.3 Å². The van der Waals surface area contributed by atoms with E-state index in [1.54, 1.807) is 11.6 Å². The van der Waals surface area contributed by atoms with E-state index in [2.05, 4.69) is 5.10 Å². The van der Waals surface area contributed by atoms with Crippen LogP contribution in [0.1, 0.15) is 31.4 Å². The molecule has 1 aliphatic rings. The van der Waals surface area contributed by atoms with E-state index >= 15 is 0 Å². The molecule has 1 heterocycles. The number of nitrogens with zero attached hydrogens (tertiary/aromatic N) is 2. The van der Waals surface area contributed by atoms with Gasteiger partial charge in [-0.15, -0.1) is 0 Å². The van der Waals surface area contributed by atoms with Crippen molar-refractivity contribution in [3.05, 3.63) is 18.0 Å². The summed E-state index contributed by atoms with van der Waals surface area (Å²) >= 11 is 0. The summed E-state index contributed by atoms with van der Waals surface area (Å²) in [4.78, 5) is 10.6. The second-order valence-electron chi connectivity index (χ2n) is 3.98. The highest BCUT2D eigenvalue weighted by Gasteiger charge is 2.26. The molecule has 0 spiro atoms. The fourth-order valence-corrected chi connectivity index (χ4v) is 1.43. The first-order valence-corrected chi connectivity index (χ1v) is 4.93. The lowest BCUT2D eigenvalue weighted by molar-refractivity contribution is -0.141. The summed E-state index contributed by atoms with van der Waals surface area (Å²) in [5, 5.41) is 13.1. The lowest BCUT2D eigenvalue weighted by atomic mass is 10.2. The minimum atomic E-state index is -0.770. The van der Waals surface area contributed by atoms with Crippen molar-refractivity contribution in [1.29, 1.82) is 0 Å². The van der Waals surface area contributed by atoms with Gasteiger partial charge >= 0.3 is 5.97 Å².